The van der Waals surface area contributed by atoms with Crippen molar-refractivity contribution >= 4 is 5.91 Å². The zero-order chi connectivity index (χ0) is 12.1. The zero-order valence-corrected chi connectivity index (χ0v) is 10.0. The van der Waals surface area contributed by atoms with E-state index in [4.69, 9.17) is 0 Å². The van der Waals surface area contributed by atoms with Crippen LogP contribution in [0.3, 0.4) is 0 Å². The molecule has 1 atom stereocenters. The number of hydrogen-bond acceptors (Lipinski definition) is 2. The van der Waals surface area contributed by atoms with E-state index in [1.54, 1.807) is 4.90 Å². The Morgan fingerprint density at radius 1 is 1.18 bits per heavy atom. The SMILES string of the molecule is O=C([C@@H](O)Cc1ccccc1)N1CCCCC1. The minimum atomic E-state index is -0.893. The van der Waals surface area contributed by atoms with Crippen LogP contribution in [0, 0.1) is 0 Å². The van der Waals surface area contributed by atoms with Crippen molar-refractivity contribution in [1.29, 1.82) is 0 Å². The number of hydrogen-bond donors (Lipinski definition) is 1. The van der Waals surface area contributed by atoms with E-state index in [1.165, 1.54) is 6.42 Å². The molecule has 1 aromatic rings. The second kappa shape index (κ2) is 5.82. The summed E-state index contributed by atoms with van der Waals surface area (Å²) in [6.07, 6.45) is 2.83. The first-order valence-electron chi connectivity index (χ1n) is 6.28. The molecule has 1 aromatic carbocycles. The highest BCUT2D eigenvalue weighted by Crippen LogP contribution is 2.12. The van der Waals surface area contributed by atoms with Gasteiger partial charge in [-0.25, -0.2) is 0 Å². The number of aliphatic hydroxyl groups excluding tert-OH is 1. The fourth-order valence-corrected chi connectivity index (χ4v) is 2.25. The van der Waals surface area contributed by atoms with E-state index in [9.17, 15) is 9.90 Å². The Bertz CT molecular complexity index is 358. The maximum absolute atomic E-state index is 12.0. The fourth-order valence-electron chi connectivity index (χ4n) is 2.25. The Hall–Kier alpha value is -1.35. The van der Waals surface area contributed by atoms with Crippen molar-refractivity contribution < 1.29 is 9.90 Å². The van der Waals surface area contributed by atoms with Gasteiger partial charge in [0.05, 0.1) is 0 Å². The summed E-state index contributed by atoms with van der Waals surface area (Å²) in [6, 6.07) is 9.66. The van der Waals surface area contributed by atoms with Crippen molar-refractivity contribution in [3.05, 3.63) is 35.9 Å². The van der Waals surface area contributed by atoms with Crippen molar-refractivity contribution in [3.8, 4) is 0 Å². The third-order valence-corrected chi connectivity index (χ3v) is 3.22. The highest BCUT2D eigenvalue weighted by molar-refractivity contribution is 5.81. The van der Waals surface area contributed by atoms with Crippen molar-refractivity contribution in [2.45, 2.75) is 31.8 Å². The molecule has 0 saturated carbocycles. The molecule has 3 nitrogen and oxygen atoms in total. The number of piperidine rings is 1. The first-order valence-corrected chi connectivity index (χ1v) is 6.28. The van der Waals surface area contributed by atoms with Crippen LogP contribution in [0.25, 0.3) is 0 Å². The van der Waals surface area contributed by atoms with Gasteiger partial charge in [0.1, 0.15) is 6.10 Å². The summed E-state index contributed by atoms with van der Waals surface area (Å²) in [4.78, 5) is 13.8. The van der Waals surface area contributed by atoms with Crippen LogP contribution in [0.15, 0.2) is 30.3 Å². The first kappa shape index (κ1) is 12.1. The van der Waals surface area contributed by atoms with Gasteiger partial charge in [-0.1, -0.05) is 30.3 Å². The monoisotopic (exact) mass is 233 g/mol. The normalized spacial score (nSPS) is 17.8. The highest BCUT2D eigenvalue weighted by atomic mass is 16.3. The number of aliphatic hydroxyl groups is 1. The van der Waals surface area contributed by atoms with Gasteiger partial charge in [0.15, 0.2) is 0 Å². The maximum atomic E-state index is 12.0. The van der Waals surface area contributed by atoms with Crippen LogP contribution >= 0.6 is 0 Å². The standard InChI is InChI=1S/C14H19NO2/c16-13(11-12-7-3-1-4-8-12)14(17)15-9-5-2-6-10-15/h1,3-4,7-8,13,16H,2,5-6,9-11H2/t13-/m0/s1. The molecule has 3 heteroatoms. The van der Waals surface area contributed by atoms with Gasteiger partial charge < -0.3 is 10.0 Å². The topological polar surface area (TPSA) is 40.5 Å². The summed E-state index contributed by atoms with van der Waals surface area (Å²) in [6.45, 7) is 1.59. The summed E-state index contributed by atoms with van der Waals surface area (Å²) in [5.74, 6) is -0.117. The number of likely N-dealkylation sites (tertiary alicyclic amines) is 1. The minimum Gasteiger partial charge on any atom is -0.383 e. The van der Waals surface area contributed by atoms with Gasteiger partial charge in [-0.15, -0.1) is 0 Å². The lowest BCUT2D eigenvalue weighted by Gasteiger charge is -2.28. The summed E-state index contributed by atoms with van der Waals surface area (Å²) in [5, 5.41) is 9.93. The van der Waals surface area contributed by atoms with Gasteiger partial charge in [0, 0.05) is 19.5 Å². The van der Waals surface area contributed by atoms with E-state index < -0.39 is 6.10 Å². The molecule has 1 aliphatic heterocycles. The van der Waals surface area contributed by atoms with Gasteiger partial charge in [-0.2, -0.15) is 0 Å². The molecule has 2 rings (SSSR count). The van der Waals surface area contributed by atoms with E-state index in [0.29, 0.717) is 6.42 Å². The van der Waals surface area contributed by atoms with Crippen LogP contribution in [-0.4, -0.2) is 35.1 Å². The molecule has 1 N–H and O–H groups in total. The number of carbonyl (C=O) groups excluding carboxylic acids is 1. The van der Waals surface area contributed by atoms with Crippen LogP contribution in [0.5, 0.6) is 0 Å². The van der Waals surface area contributed by atoms with Gasteiger partial charge in [0.2, 0.25) is 0 Å². The second-order valence-corrected chi connectivity index (χ2v) is 4.59. The van der Waals surface area contributed by atoms with Crippen LogP contribution in [0.2, 0.25) is 0 Å². The second-order valence-electron chi connectivity index (χ2n) is 4.59. The molecule has 0 aromatic heterocycles. The average molecular weight is 233 g/mol. The molecule has 0 aliphatic carbocycles. The largest absolute Gasteiger partial charge is 0.383 e. The number of amides is 1. The van der Waals surface area contributed by atoms with Crippen molar-refractivity contribution in [3.63, 3.8) is 0 Å². The summed E-state index contributed by atoms with van der Waals surface area (Å²) in [5.41, 5.74) is 1.00. The lowest BCUT2D eigenvalue weighted by Crippen LogP contribution is -2.42. The molecule has 1 heterocycles. The molecule has 0 radical (unpaired) electrons. The lowest BCUT2D eigenvalue weighted by atomic mass is 10.1. The Morgan fingerprint density at radius 3 is 2.47 bits per heavy atom. The van der Waals surface area contributed by atoms with E-state index in [0.717, 1.165) is 31.5 Å². The van der Waals surface area contributed by atoms with Crippen molar-refractivity contribution in [2.24, 2.45) is 0 Å². The van der Waals surface area contributed by atoms with Gasteiger partial charge >= 0.3 is 0 Å². The Morgan fingerprint density at radius 2 is 1.82 bits per heavy atom. The molecule has 92 valence electrons. The summed E-state index contributed by atoms with van der Waals surface area (Å²) < 4.78 is 0. The molecular formula is C14H19NO2. The Labute approximate surface area is 102 Å². The molecule has 1 saturated heterocycles. The minimum absolute atomic E-state index is 0.117. The summed E-state index contributed by atoms with van der Waals surface area (Å²) in [7, 11) is 0. The smallest absolute Gasteiger partial charge is 0.251 e. The molecule has 0 spiro atoms. The third-order valence-electron chi connectivity index (χ3n) is 3.22. The van der Waals surface area contributed by atoms with E-state index in [2.05, 4.69) is 0 Å². The molecule has 1 fully saturated rings. The molecule has 1 aliphatic rings. The van der Waals surface area contributed by atoms with Gasteiger partial charge in [-0.3, -0.25) is 4.79 Å². The van der Waals surface area contributed by atoms with Crippen LogP contribution in [0.4, 0.5) is 0 Å². The zero-order valence-electron chi connectivity index (χ0n) is 10.0. The van der Waals surface area contributed by atoms with Crippen molar-refractivity contribution in [1.82, 2.24) is 4.90 Å². The van der Waals surface area contributed by atoms with E-state index >= 15 is 0 Å². The first-order chi connectivity index (χ1) is 8.27. The molecular weight excluding hydrogens is 214 g/mol. The number of nitrogens with zero attached hydrogens (tertiary/aromatic N) is 1. The van der Waals surface area contributed by atoms with E-state index in [1.807, 2.05) is 30.3 Å². The molecule has 1 amide bonds. The molecule has 17 heavy (non-hydrogen) atoms. The lowest BCUT2D eigenvalue weighted by molar-refractivity contribution is -0.141. The number of rotatable bonds is 3. The van der Waals surface area contributed by atoms with Crippen LogP contribution in [-0.2, 0) is 11.2 Å². The quantitative estimate of drug-likeness (QED) is 0.861. The number of benzene rings is 1. The van der Waals surface area contributed by atoms with Crippen LogP contribution < -0.4 is 0 Å². The fraction of sp³-hybridized carbons (Fsp3) is 0.500. The Balaban J connectivity index is 1.90. The highest BCUT2D eigenvalue weighted by Gasteiger charge is 2.23. The van der Waals surface area contributed by atoms with E-state index in [-0.39, 0.29) is 5.91 Å². The molecule has 0 bridgehead atoms. The van der Waals surface area contributed by atoms with Crippen molar-refractivity contribution in [2.75, 3.05) is 13.1 Å². The predicted octanol–water partition coefficient (Wildman–Crippen LogP) is 1.60. The van der Waals surface area contributed by atoms with Gasteiger partial charge in [-0.05, 0) is 24.8 Å². The average Bonchev–Trinajstić information content (AvgIpc) is 2.40. The number of carbonyl (C=O) groups is 1. The summed E-state index contributed by atoms with van der Waals surface area (Å²) >= 11 is 0. The van der Waals surface area contributed by atoms with Crippen LogP contribution in [0.1, 0.15) is 24.8 Å². The Kier molecular flexibility index (Phi) is 4.15. The third kappa shape index (κ3) is 3.30. The maximum Gasteiger partial charge on any atom is 0.251 e. The van der Waals surface area contributed by atoms with Gasteiger partial charge in [0.25, 0.3) is 5.91 Å². The molecule has 0 unspecified atom stereocenters. The predicted molar refractivity (Wildman–Crippen MR) is 66.6 cm³/mol.